The van der Waals surface area contributed by atoms with Crippen molar-refractivity contribution in [3.63, 3.8) is 0 Å². The van der Waals surface area contributed by atoms with Gasteiger partial charge in [-0.2, -0.15) is 5.10 Å². The summed E-state index contributed by atoms with van der Waals surface area (Å²) in [5.41, 5.74) is 2.02. The molecular formula is C10H14ClN5S. The first-order chi connectivity index (χ1) is 8.00. The molecule has 2 aromatic heterocycles. The quantitative estimate of drug-likeness (QED) is 0.803. The molecule has 0 saturated heterocycles. The summed E-state index contributed by atoms with van der Waals surface area (Å²) < 4.78 is 3.65. The highest BCUT2D eigenvalue weighted by atomic mass is 35.5. The SMILES string of the molecule is Cc1nn(C)c(Cl)c1CSc1nnc(C)n1C. The van der Waals surface area contributed by atoms with Crippen molar-refractivity contribution < 1.29 is 0 Å². The lowest BCUT2D eigenvalue weighted by atomic mass is 10.3. The molecule has 7 heteroatoms. The molecule has 0 aliphatic carbocycles. The summed E-state index contributed by atoms with van der Waals surface area (Å²) in [6, 6.07) is 0. The monoisotopic (exact) mass is 271 g/mol. The van der Waals surface area contributed by atoms with Gasteiger partial charge in [-0.15, -0.1) is 10.2 Å². The molecule has 0 aromatic carbocycles. The van der Waals surface area contributed by atoms with Crippen LogP contribution in [-0.4, -0.2) is 24.5 Å². The zero-order valence-corrected chi connectivity index (χ0v) is 11.8. The third kappa shape index (κ3) is 2.32. The number of aryl methyl sites for hydroxylation is 3. The molecule has 17 heavy (non-hydrogen) atoms. The Labute approximate surface area is 109 Å². The van der Waals surface area contributed by atoms with E-state index in [0.717, 1.165) is 28.0 Å². The number of aromatic nitrogens is 5. The number of rotatable bonds is 3. The Morgan fingerprint density at radius 2 is 1.94 bits per heavy atom. The number of thioether (sulfide) groups is 1. The lowest BCUT2D eigenvalue weighted by Crippen LogP contribution is -1.94. The van der Waals surface area contributed by atoms with Crippen molar-refractivity contribution in [2.45, 2.75) is 24.8 Å². The summed E-state index contributed by atoms with van der Waals surface area (Å²) in [6.45, 7) is 3.89. The molecule has 0 atom stereocenters. The van der Waals surface area contributed by atoms with Crippen LogP contribution in [0.1, 0.15) is 17.1 Å². The summed E-state index contributed by atoms with van der Waals surface area (Å²) >= 11 is 7.78. The van der Waals surface area contributed by atoms with Crippen LogP contribution in [0.3, 0.4) is 0 Å². The smallest absolute Gasteiger partial charge is 0.191 e. The topological polar surface area (TPSA) is 48.5 Å². The van der Waals surface area contributed by atoms with Crippen molar-refractivity contribution in [2.24, 2.45) is 14.1 Å². The van der Waals surface area contributed by atoms with Gasteiger partial charge in [-0.3, -0.25) is 4.68 Å². The Hall–Kier alpha value is -1.01. The minimum absolute atomic E-state index is 0.689. The summed E-state index contributed by atoms with van der Waals surface area (Å²) in [6.07, 6.45) is 0. The van der Waals surface area contributed by atoms with Gasteiger partial charge in [-0.25, -0.2) is 0 Å². The molecule has 0 unspecified atom stereocenters. The van der Waals surface area contributed by atoms with E-state index in [0.29, 0.717) is 5.15 Å². The Bertz CT molecular complexity index is 545. The second kappa shape index (κ2) is 4.70. The van der Waals surface area contributed by atoms with Gasteiger partial charge in [0.2, 0.25) is 0 Å². The van der Waals surface area contributed by atoms with E-state index in [9.17, 15) is 0 Å². The molecule has 2 aromatic rings. The molecule has 0 amide bonds. The molecule has 0 aliphatic rings. The van der Waals surface area contributed by atoms with Crippen LogP contribution in [0.4, 0.5) is 0 Å². The van der Waals surface area contributed by atoms with Gasteiger partial charge in [-0.05, 0) is 13.8 Å². The second-order valence-electron chi connectivity index (χ2n) is 3.86. The Balaban J connectivity index is 2.15. The third-order valence-corrected chi connectivity index (χ3v) is 4.19. The Kier molecular flexibility index (Phi) is 3.44. The molecule has 0 radical (unpaired) electrons. The second-order valence-corrected chi connectivity index (χ2v) is 5.16. The predicted octanol–water partition coefficient (Wildman–Crippen LogP) is 2.11. The van der Waals surface area contributed by atoms with Gasteiger partial charge < -0.3 is 4.57 Å². The third-order valence-electron chi connectivity index (χ3n) is 2.67. The highest BCUT2D eigenvalue weighted by molar-refractivity contribution is 7.98. The molecule has 0 saturated carbocycles. The van der Waals surface area contributed by atoms with Crippen molar-refractivity contribution in [3.05, 3.63) is 22.2 Å². The van der Waals surface area contributed by atoms with Crippen molar-refractivity contribution in [1.29, 1.82) is 0 Å². The fourth-order valence-electron chi connectivity index (χ4n) is 1.49. The molecule has 2 rings (SSSR count). The highest BCUT2D eigenvalue weighted by Crippen LogP contribution is 2.27. The van der Waals surface area contributed by atoms with Crippen molar-refractivity contribution in [1.82, 2.24) is 24.5 Å². The van der Waals surface area contributed by atoms with E-state index in [1.165, 1.54) is 0 Å². The molecule has 0 N–H and O–H groups in total. The van der Waals surface area contributed by atoms with Gasteiger partial charge in [0, 0.05) is 25.4 Å². The summed E-state index contributed by atoms with van der Waals surface area (Å²) in [5.74, 6) is 1.66. The summed E-state index contributed by atoms with van der Waals surface area (Å²) in [7, 11) is 3.80. The van der Waals surface area contributed by atoms with Crippen LogP contribution >= 0.6 is 23.4 Å². The van der Waals surface area contributed by atoms with Crippen LogP contribution in [0.15, 0.2) is 5.16 Å². The standard InChI is InChI=1S/C10H14ClN5S/c1-6-8(9(11)16(4)14-6)5-17-10-13-12-7(2)15(10)3/h5H2,1-4H3. The minimum atomic E-state index is 0.689. The van der Waals surface area contributed by atoms with Crippen molar-refractivity contribution in [2.75, 3.05) is 0 Å². The van der Waals surface area contributed by atoms with E-state index in [2.05, 4.69) is 15.3 Å². The van der Waals surface area contributed by atoms with E-state index >= 15 is 0 Å². The van der Waals surface area contributed by atoms with Crippen LogP contribution in [0.5, 0.6) is 0 Å². The molecule has 0 spiro atoms. The van der Waals surface area contributed by atoms with Crippen LogP contribution in [0, 0.1) is 13.8 Å². The number of hydrogen-bond donors (Lipinski definition) is 0. The first-order valence-corrected chi connectivity index (χ1v) is 6.53. The number of hydrogen-bond acceptors (Lipinski definition) is 4. The van der Waals surface area contributed by atoms with E-state index in [1.54, 1.807) is 16.4 Å². The Morgan fingerprint density at radius 3 is 2.41 bits per heavy atom. The predicted molar refractivity (Wildman–Crippen MR) is 68.3 cm³/mol. The largest absolute Gasteiger partial charge is 0.309 e. The van der Waals surface area contributed by atoms with Crippen molar-refractivity contribution >= 4 is 23.4 Å². The molecule has 0 bridgehead atoms. The maximum Gasteiger partial charge on any atom is 0.191 e. The van der Waals surface area contributed by atoms with Gasteiger partial charge in [0.15, 0.2) is 5.16 Å². The van der Waals surface area contributed by atoms with Gasteiger partial charge >= 0.3 is 0 Å². The van der Waals surface area contributed by atoms with Gasteiger partial charge in [0.25, 0.3) is 0 Å². The fraction of sp³-hybridized carbons (Fsp3) is 0.500. The van der Waals surface area contributed by atoms with Gasteiger partial charge in [-0.1, -0.05) is 23.4 Å². The average molecular weight is 272 g/mol. The molecule has 2 heterocycles. The summed E-state index contributed by atoms with van der Waals surface area (Å²) in [4.78, 5) is 0. The highest BCUT2D eigenvalue weighted by Gasteiger charge is 2.13. The van der Waals surface area contributed by atoms with E-state index in [1.807, 2.05) is 32.5 Å². The van der Waals surface area contributed by atoms with Gasteiger partial charge in [0.1, 0.15) is 11.0 Å². The van der Waals surface area contributed by atoms with Gasteiger partial charge in [0.05, 0.1) is 5.69 Å². The maximum atomic E-state index is 6.17. The van der Waals surface area contributed by atoms with E-state index in [4.69, 9.17) is 11.6 Å². The number of nitrogens with zero attached hydrogens (tertiary/aromatic N) is 5. The minimum Gasteiger partial charge on any atom is -0.309 e. The molecule has 92 valence electrons. The van der Waals surface area contributed by atoms with Crippen LogP contribution in [0.2, 0.25) is 5.15 Å². The van der Waals surface area contributed by atoms with Crippen LogP contribution < -0.4 is 0 Å². The molecule has 0 fully saturated rings. The fourth-order valence-corrected chi connectivity index (χ4v) is 2.85. The number of halogens is 1. The molecule has 5 nitrogen and oxygen atoms in total. The normalized spacial score (nSPS) is 11.1. The molecule has 0 aliphatic heterocycles. The lowest BCUT2D eigenvalue weighted by Gasteiger charge is -2.01. The van der Waals surface area contributed by atoms with E-state index < -0.39 is 0 Å². The van der Waals surface area contributed by atoms with Crippen molar-refractivity contribution in [3.8, 4) is 0 Å². The van der Waals surface area contributed by atoms with Crippen LogP contribution in [-0.2, 0) is 19.8 Å². The van der Waals surface area contributed by atoms with E-state index in [-0.39, 0.29) is 0 Å². The first-order valence-electron chi connectivity index (χ1n) is 5.17. The summed E-state index contributed by atoms with van der Waals surface area (Å²) in [5, 5.41) is 14.0. The zero-order chi connectivity index (χ0) is 12.6. The molecular weight excluding hydrogens is 258 g/mol. The zero-order valence-electron chi connectivity index (χ0n) is 10.2. The maximum absolute atomic E-state index is 6.17. The van der Waals surface area contributed by atoms with Crippen LogP contribution in [0.25, 0.3) is 0 Å². The Morgan fingerprint density at radius 1 is 1.24 bits per heavy atom. The average Bonchev–Trinajstić information content (AvgIpc) is 2.71. The lowest BCUT2D eigenvalue weighted by molar-refractivity contribution is 0.757. The first kappa shape index (κ1) is 12.4.